The highest BCUT2D eigenvalue weighted by atomic mass is 19.4. The van der Waals surface area contributed by atoms with Crippen molar-refractivity contribution in [2.45, 2.75) is 13.1 Å². The van der Waals surface area contributed by atoms with Crippen molar-refractivity contribution in [3.8, 4) is 22.4 Å². The molecule has 0 aliphatic carbocycles. The number of alkyl halides is 3. The fraction of sp³-hybridized carbons (Fsp3) is 0.130. The predicted molar refractivity (Wildman–Crippen MR) is 114 cm³/mol. The number of aromatic nitrogens is 2. The molecule has 0 saturated carbocycles. The molecule has 4 rings (SSSR count). The molecule has 0 radical (unpaired) electrons. The minimum Gasteiger partial charge on any atom is -0.329 e. The highest BCUT2D eigenvalue weighted by Crippen LogP contribution is 2.28. The van der Waals surface area contributed by atoms with Crippen molar-refractivity contribution >= 4 is 17.4 Å². The number of benzene rings is 2. The summed E-state index contributed by atoms with van der Waals surface area (Å²) in [6.45, 7) is 0.327. The van der Waals surface area contributed by atoms with Crippen molar-refractivity contribution in [3.05, 3.63) is 78.4 Å². The van der Waals surface area contributed by atoms with Crippen LogP contribution in [0.2, 0.25) is 0 Å². The minimum absolute atomic E-state index is 0.311. The number of pyridine rings is 1. The third-order valence-electron chi connectivity index (χ3n) is 4.92. The Morgan fingerprint density at radius 1 is 1.00 bits per heavy atom. The van der Waals surface area contributed by atoms with E-state index in [1.54, 1.807) is 42.7 Å². The Morgan fingerprint density at radius 3 is 2.44 bits per heavy atom. The van der Waals surface area contributed by atoms with E-state index in [4.69, 9.17) is 0 Å². The number of hydrogen-bond acceptors (Lipinski definition) is 2. The summed E-state index contributed by atoms with van der Waals surface area (Å²) in [6, 6.07) is 14.2. The molecule has 2 aromatic carbocycles. The van der Waals surface area contributed by atoms with E-state index >= 15 is 0 Å². The Labute approximate surface area is 180 Å². The molecule has 0 aliphatic heterocycles. The second kappa shape index (κ2) is 8.33. The van der Waals surface area contributed by atoms with Crippen molar-refractivity contribution in [1.29, 1.82) is 0 Å². The van der Waals surface area contributed by atoms with E-state index < -0.39 is 18.8 Å². The molecule has 2 amide bonds. The van der Waals surface area contributed by atoms with E-state index in [9.17, 15) is 22.4 Å². The van der Waals surface area contributed by atoms with Gasteiger partial charge in [-0.3, -0.25) is 4.40 Å². The van der Waals surface area contributed by atoms with Crippen LogP contribution in [0.25, 0.3) is 28.0 Å². The second-order valence-corrected chi connectivity index (χ2v) is 7.25. The van der Waals surface area contributed by atoms with E-state index in [-0.39, 0.29) is 5.82 Å². The number of carbonyl (C=O) groups excluding carboxylic acids is 1. The topological polar surface area (TPSA) is 58.4 Å². The van der Waals surface area contributed by atoms with Crippen LogP contribution in [0.5, 0.6) is 0 Å². The van der Waals surface area contributed by atoms with Gasteiger partial charge >= 0.3 is 12.2 Å². The number of imidazole rings is 1. The van der Waals surface area contributed by atoms with Gasteiger partial charge in [-0.1, -0.05) is 24.3 Å². The van der Waals surface area contributed by atoms with Gasteiger partial charge in [0.25, 0.3) is 0 Å². The van der Waals surface area contributed by atoms with Crippen LogP contribution >= 0.6 is 0 Å². The lowest BCUT2D eigenvalue weighted by Gasteiger charge is -2.13. The molecule has 2 N–H and O–H groups in total. The molecular weight excluding hydrogens is 424 g/mol. The van der Waals surface area contributed by atoms with Crippen LogP contribution in [0.3, 0.4) is 0 Å². The van der Waals surface area contributed by atoms with Gasteiger partial charge in [-0.25, -0.2) is 14.2 Å². The molecule has 0 atom stereocenters. The lowest BCUT2D eigenvalue weighted by molar-refractivity contribution is -0.122. The summed E-state index contributed by atoms with van der Waals surface area (Å²) in [6.07, 6.45) is -0.987. The number of nitrogens with zero attached hydrogens (tertiary/aromatic N) is 2. The van der Waals surface area contributed by atoms with E-state index in [0.717, 1.165) is 22.4 Å². The first-order valence-electron chi connectivity index (χ1n) is 9.65. The second-order valence-electron chi connectivity index (χ2n) is 7.25. The molecule has 5 nitrogen and oxygen atoms in total. The van der Waals surface area contributed by atoms with Gasteiger partial charge < -0.3 is 10.6 Å². The molecule has 2 heterocycles. The van der Waals surface area contributed by atoms with Crippen LogP contribution in [-0.4, -0.2) is 28.1 Å². The lowest BCUT2D eigenvalue weighted by atomic mass is 10.1. The molecule has 0 bridgehead atoms. The van der Waals surface area contributed by atoms with E-state index in [1.807, 2.05) is 28.8 Å². The molecule has 0 aliphatic rings. The SMILES string of the molecule is Cc1ccc(-c2cnc3cc(-c4ccc(F)cc4)ccn23)cc1NC(=O)NCC(F)(F)F. The number of rotatable bonds is 4. The molecule has 0 spiro atoms. The Kier molecular flexibility index (Phi) is 5.56. The Balaban J connectivity index is 1.61. The number of anilines is 1. The maximum Gasteiger partial charge on any atom is 0.405 e. The van der Waals surface area contributed by atoms with Gasteiger partial charge in [0.05, 0.1) is 11.9 Å². The number of fused-ring (bicyclic) bond motifs is 1. The molecule has 0 saturated heterocycles. The fourth-order valence-corrected chi connectivity index (χ4v) is 3.28. The molecule has 0 unspecified atom stereocenters. The fourth-order valence-electron chi connectivity index (χ4n) is 3.28. The molecule has 4 aromatic rings. The third-order valence-corrected chi connectivity index (χ3v) is 4.92. The molecule has 164 valence electrons. The summed E-state index contributed by atoms with van der Waals surface area (Å²) in [5.41, 5.74) is 4.95. The van der Waals surface area contributed by atoms with Crippen LogP contribution in [0, 0.1) is 12.7 Å². The first-order chi connectivity index (χ1) is 15.2. The largest absolute Gasteiger partial charge is 0.405 e. The summed E-state index contributed by atoms with van der Waals surface area (Å²) >= 11 is 0. The number of hydrogen-bond donors (Lipinski definition) is 2. The monoisotopic (exact) mass is 442 g/mol. The average molecular weight is 442 g/mol. The maximum absolute atomic E-state index is 13.2. The number of carbonyl (C=O) groups is 1. The zero-order chi connectivity index (χ0) is 22.9. The predicted octanol–water partition coefficient (Wildman–Crippen LogP) is 5.80. The Morgan fingerprint density at radius 2 is 1.72 bits per heavy atom. The zero-order valence-corrected chi connectivity index (χ0v) is 16.9. The first-order valence-corrected chi connectivity index (χ1v) is 9.65. The Hall–Kier alpha value is -3.88. The van der Waals surface area contributed by atoms with Crippen LogP contribution in [0.4, 0.5) is 28.0 Å². The standard InChI is InChI=1S/C23H18F4N4O/c1-14-2-3-17(10-19(14)30-22(32)29-13-23(25,26)27)20-12-28-21-11-16(8-9-31(20)21)15-4-6-18(24)7-5-15/h2-12H,13H2,1H3,(H2,29,30,32). The Bertz CT molecular complexity index is 1280. The lowest BCUT2D eigenvalue weighted by Crippen LogP contribution is -2.36. The molecule has 32 heavy (non-hydrogen) atoms. The van der Waals surface area contributed by atoms with Gasteiger partial charge in [0.1, 0.15) is 18.0 Å². The normalized spacial score (nSPS) is 11.5. The summed E-state index contributed by atoms with van der Waals surface area (Å²) < 4.78 is 52.0. The van der Waals surface area contributed by atoms with Crippen LogP contribution in [0.1, 0.15) is 5.56 Å². The molecule has 0 fully saturated rings. The number of halogens is 4. The van der Waals surface area contributed by atoms with Gasteiger partial charge in [0.15, 0.2) is 0 Å². The average Bonchev–Trinajstić information content (AvgIpc) is 3.17. The minimum atomic E-state index is -4.49. The quantitative estimate of drug-likeness (QED) is 0.393. The van der Waals surface area contributed by atoms with Gasteiger partial charge in [0, 0.05) is 17.4 Å². The smallest absolute Gasteiger partial charge is 0.329 e. The number of urea groups is 1. The number of aryl methyl sites for hydroxylation is 1. The summed E-state index contributed by atoms with van der Waals surface area (Å²) in [5, 5.41) is 4.25. The van der Waals surface area contributed by atoms with Crippen LogP contribution < -0.4 is 10.6 Å². The van der Waals surface area contributed by atoms with Crippen molar-refractivity contribution in [1.82, 2.24) is 14.7 Å². The van der Waals surface area contributed by atoms with Crippen LogP contribution in [0.15, 0.2) is 67.0 Å². The van der Waals surface area contributed by atoms with E-state index in [2.05, 4.69) is 10.3 Å². The van der Waals surface area contributed by atoms with Gasteiger partial charge in [-0.2, -0.15) is 13.2 Å². The molecule has 9 heteroatoms. The zero-order valence-electron chi connectivity index (χ0n) is 16.9. The van der Waals surface area contributed by atoms with Gasteiger partial charge in [-0.15, -0.1) is 0 Å². The first kappa shape index (κ1) is 21.4. The van der Waals surface area contributed by atoms with Crippen molar-refractivity contribution in [3.63, 3.8) is 0 Å². The van der Waals surface area contributed by atoms with Crippen molar-refractivity contribution < 1.29 is 22.4 Å². The van der Waals surface area contributed by atoms with Crippen molar-refractivity contribution in [2.75, 3.05) is 11.9 Å². The maximum atomic E-state index is 13.2. The van der Waals surface area contributed by atoms with Crippen LogP contribution in [-0.2, 0) is 0 Å². The highest BCUT2D eigenvalue weighted by Gasteiger charge is 2.27. The van der Waals surface area contributed by atoms with Gasteiger partial charge in [-0.05, 0) is 53.9 Å². The van der Waals surface area contributed by atoms with E-state index in [1.165, 1.54) is 12.1 Å². The third kappa shape index (κ3) is 4.72. The van der Waals surface area contributed by atoms with E-state index in [0.29, 0.717) is 16.9 Å². The molecule has 2 aromatic heterocycles. The van der Waals surface area contributed by atoms with Gasteiger partial charge in [0.2, 0.25) is 0 Å². The summed E-state index contributed by atoms with van der Waals surface area (Å²) in [7, 11) is 0. The highest BCUT2D eigenvalue weighted by molar-refractivity contribution is 5.91. The van der Waals surface area contributed by atoms with Crippen molar-refractivity contribution in [2.24, 2.45) is 0 Å². The summed E-state index contributed by atoms with van der Waals surface area (Å²) in [4.78, 5) is 16.3. The number of amides is 2. The number of nitrogens with one attached hydrogen (secondary N) is 2. The molecular formula is C23H18F4N4O. The summed E-state index contributed by atoms with van der Waals surface area (Å²) in [5.74, 6) is -0.311.